The van der Waals surface area contributed by atoms with Crippen molar-refractivity contribution in [3.05, 3.63) is 39.4 Å². The third-order valence-electron chi connectivity index (χ3n) is 3.34. The van der Waals surface area contributed by atoms with Gasteiger partial charge in [-0.25, -0.2) is 4.98 Å². The van der Waals surface area contributed by atoms with Crippen LogP contribution in [-0.2, 0) is 6.54 Å². The molecule has 1 fully saturated rings. The SMILES string of the molecule is O=c1[nH]c(CN2CC[C@H](O)C2)nc2ccc(Cl)cc12. The number of hydrogen-bond acceptors (Lipinski definition) is 4. The minimum atomic E-state index is -0.272. The van der Waals surface area contributed by atoms with E-state index in [9.17, 15) is 9.90 Å². The van der Waals surface area contributed by atoms with Gasteiger partial charge in [0, 0.05) is 18.1 Å². The first-order valence-electron chi connectivity index (χ1n) is 6.21. The molecule has 2 aromatic rings. The van der Waals surface area contributed by atoms with Crippen LogP contribution in [0, 0.1) is 0 Å². The number of H-pyrrole nitrogens is 1. The average molecular weight is 280 g/mol. The van der Waals surface area contributed by atoms with E-state index in [4.69, 9.17) is 11.6 Å². The zero-order valence-corrected chi connectivity index (χ0v) is 11.0. The fourth-order valence-corrected chi connectivity index (χ4v) is 2.57. The van der Waals surface area contributed by atoms with Gasteiger partial charge in [0.25, 0.3) is 5.56 Å². The van der Waals surface area contributed by atoms with E-state index in [2.05, 4.69) is 14.9 Å². The van der Waals surface area contributed by atoms with E-state index in [0.29, 0.717) is 34.8 Å². The molecule has 1 aliphatic heterocycles. The Morgan fingerprint density at radius 2 is 2.37 bits per heavy atom. The van der Waals surface area contributed by atoms with Crippen molar-refractivity contribution in [3.8, 4) is 0 Å². The highest BCUT2D eigenvalue weighted by Gasteiger charge is 2.20. The lowest BCUT2D eigenvalue weighted by Crippen LogP contribution is -2.24. The predicted octanol–water partition coefficient (Wildman–Crippen LogP) is 1.14. The molecule has 19 heavy (non-hydrogen) atoms. The zero-order chi connectivity index (χ0) is 13.4. The van der Waals surface area contributed by atoms with Crippen LogP contribution >= 0.6 is 11.6 Å². The van der Waals surface area contributed by atoms with E-state index in [1.54, 1.807) is 18.2 Å². The Kier molecular flexibility index (Phi) is 3.26. The maximum absolute atomic E-state index is 12.0. The van der Waals surface area contributed by atoms with Gasteiger partial charge in [-0.15, -0.1) is 0 Å². The molecule has 0 aliphatic carbocycles. The first kappa shape index (κ1) is 12.6. The maximum Gasteiger partial charge on any atom is 0.258 e. The molecular weight excluding hydrogens is 266 g/mol. The number of benzene rings is 1. The number of halogens is 1. The zero-order valence-electron chi connectivity index (χ0n) is 10.3. The van der Waals surface area contributed by atoms with Crippen molar-refractivity contribution in [1.82, 2.24) is 14.9 Å². The molecule has 6 heteroatoms. The molecule has 100 valence electrons. The molecule has 3 rings (SSSR count). The molecule has 0 amide bonds. The van der Waals surface area contributed by atoms with E-state index in [-0.39, 0.29) is 11.7 Å². The molecule has 1 aliphatic rings. The smallest absolute Gasteiger partial charge is 0.258 e. The van der Waals surface area contributed by atoms with Crippen molar-refractivity contribution in [2.24, 2.45) is 0 Å². The Morgan fingerprint density at radius 3 is 3.11 bits per heavy atom. The second-order valence-electron chi connectivity index (χ2n) is 4.85. The maximum atomic E-state index is 12.0. The summed E-state index contributed by atoms with van der Waals surface area (Å²) in [7, 11) is 0. The largest absolute Gasteiger partial charge is 0.392 e. The number of nitrogens with zero attached hydrogens (tertiary/aromatic N) is 2. The van der Waals surface area contributed by atoms with Gasteiger partial charge in [0.1, 0.15) is 5.82 Å². The van der Waals surface area contributed by atoms with E-state index in [1.165, 1.54) is 0 Å². The number of fused-ring (bicyclic) bond motifs is 1. The van der Waals surface area contributed by atoms with Crippen molar-refractivity contribution in [2.45, 2.75) is 19.1 Å². The molecule has 2 heterocycles. The van der Waals surface area contributed by atoms with Gasteiger partial charge in [0.15, 0.2) is 0 Å². The number of likely N-dealkylation sites (tertiary alicyclic amines) is 1. The number of aromatic nitrogens is 2. The average Bonchev–Trinajstić information content (AvgIpc) is 2.76. The predicted molar refractivity (Wildman–Crippen MR) is 73.3 cm³/mol. The number of hydrogen-bond donors (Lipinski definition) is 2. The fraction of sp³-hybridized carbons (Fsp3) is 0.385. The Hall–Kier alpha value is -1.43. The van der Waals surface area contributed by atoms with Gasteiger partial charge in [-0.3, -0.25) is 9.69 Å². The standard InChI is InChI=1S/C13H14ClN3O2/c14-8-1-2-11-10(5-8)13(19)16-12(15-11)7-17-4-3-9(18)6-17/h1-2,5,9,18H,3-4,6-7H2,(H,15,16,19)/t9-/m0/s1. The van der Waals surface area contributed by atoms with E-state index < -0.39 is 0 Å². The van der Waals surface area contributed by atoms with Crippen LogP contribution in [0.4, 0.5) is 0 Å². The number of rotatable bonds is 2. The summed E-state index contributed by atoms with van der Waals surface area (Å²) in [6.45, 7) is 2.00. The Balaban J connectivity index is 1.93. The van der Waals surface area contributed by atoms with Gasteiger partial charge in [-0.05, 0) is 24.6 Å². The summed E-state index contributed by atoms with van der Waals surface area (Å²) < 4.78 is 0. The third-order valence-corrected chi connectivity index (χ3v) is 3.57. The van der Waals surface area contributed by atoms with E-state index in [1.807, 2.05) is 0 Å². The molecule has 0 unspecified atom stereocenters. The van der Waals surface area contributed by atoms with Crippen molar-refractivity contribution in [2.75, 3.05) is 13.1 Å². The molecule has 0 saturated carbocycles. The second kappa shape index (κ2) is 4.92. The lowest BCUT2D eigenvalue weighted by molar-refractivity contribution is 0.174. The van der Waals surface area contributed by atoms with E-state index >= 15 is 0 Å². The van der Waals surface area contributed by atoms with Crippen LogP contribution in [0.1, 0.15) is 12.2 Å². The number of β-amino-alcohol motifs (C(OH)–C–C–N with tert-alkyl or cyclic N) is 1. The number of aliphatic hydroxyl groups excluding tert-OH is 1. The van der Waals surface area contributed by atoms with Crippen molar-refractivity contribution < 1.29 is 5.11 Å². The lowest BCUT2D eigenvalue weighted by atomic mass is 10.2. The summed E-state index contributed by atoms with van der Waals surface area (Å²) in [6, 6.07) is 5.08. The van der Waals surface area contributed by atoms with Gasteiger partial charge in [-0.1, -0.05) is 11.6 Å². The summed E-state index contributed by atoms with van der Waals surface area (Å²) in [5, 5.41) is 10.5. The van der Waals surface area contributed by atoms with Gasteiger partial charge < -0.3 is 10.1 Å². The molecular formula is C13H14ClN3O2. The van der Waals surface area contributed by atoms with Crippen LogP contribution in [0.3, 0.4) is 0 Å². The minimum absolute atomic E-state index is 0.178. The third kappa shape index (κ3) is 2.63. The summed E-state index contributed by atoms with van der Waals surface area (Å²) in [4.78, 5) is 21.2. The van der Waals surface area contributed by atoms with Gasteiger partial charge in [0.2, 0.25) is 0 Å². The minimum Gasteiger partial charge on any atom is -0.392 e. The number of aliphatic hydroxyl groups is 1. The molecule has 2 N–H and O–H groups in total. The van der Waals surface area contributed by atoms with Crippen LogP contribution in [0.25, 0.3) is 10.9 Å². The van der Waals surface area contributed by atoms with Gasteiger partial charge in [-0.2, -0.15) is 0 Å². The highest BCUT2D eigenvalue weighted by atomic mass is 35.5. The summed E-state index contributed by atoms with van der Waals surface area (Å²) in [5.74, 6) is 0.619. The number of aromatic amines is 1. The highest BCUT2D eigenvalue weighted by Crippen LogP contribution is 2.16. The Bertz CT molecular complexity index is 670. The highest BCUT2D eigenvalue weighted by molar-refractivity contribution is 6.31. The molecule has 1 aromatic heterocycles. The normalized spacial score (nSPS) is 20.2. The summed E-state index contributed by atoms with van der Waals surface area (Å²) >= 11 is 5.87. The van der Waals surface area contributed by atoms with E-state index in [0.717, 1.165) is 13.0 Å². The first-order valence-corrected chi connectivity index (χ1v) is 6.58. The van der Waals surface area contributed by atoms with Crippen LogP contribution < -0.4 is 5.56 Å². The molecule has 0 bridgehead atoms. The van der Waals surface area contributed by atoms with Crippen molar-refractivity contribution in [3.63, 3.8) is 0 Å². The van der Waals surface area contributed by atoms with Crippen LogP contribution in [0.5, 0.6) is 0 Å². The molecule has 1 aromatic carbocycles. The molecule has 1 saturated heterocycles. The van der Waals surface area contributed by atoms with Crippen molar-refractivity contribution >= 4 is 22.5 Å². The monoisotopic (exact) mass is 279 g/mol. The first-order chi connectivity index (χ1) is 9.11. The fourth-order valence-electron chi connectivity index (χ4n) is 2.40. The molecule has 1 atom stereocenters. The Morgan fingerprint density at radius 1 is 1.53 bits per heavy atom. The molecule has 0 spiro atoms. The Labute approximate surface area is 114 Å². The lowest BCUT2D eigenvalue weighted by Gasteiger charge is -2.14. The van der Waals surface area contributed by atoms with Gasteiger partial charge in [0.05, 0.1) is 23.6 Å². The van der Waals surface area contributed by atoms with Crippen molar-refractivity contribution in [1.29, 1.82) is 0 Å². The van der Waals surface area contributed by atoms with Crippen LogP contribution in [-0.4, -0.2) is 39.2 Å². The topological polar surface area (TPSA) is 69.2 Å². The van der Waals surface area contributed by atoms with Crippen LogP contribution in [0.15, 0.2) is 23.0 Å². The van der Waals surface area contributed by atoms with Crippen LogP contribution in [0.2, 0.25) is 5.02 Å². The van der Waals surface area contributed by atoms with Gasteiger partial charge >= 0.3 is 0 Å². The molecule has 0 radical (unpaired) electrons. The summed E-state index contributed by atoms with van der Waals surface area (Å²) in [6.07, 6.45) is 0.499. The quantitative estimate of drug-likeness (QED) is 0.865. The second-order valence-corrected chi connectivity index (χ2v) is 5.29. The number of nitrogens with one attached hydrogen (secondary N) is 1. The molecule has 5 nitrogen and oxygen atoms in total. The summed E-state index contributed by atoms with van der Waals surface area (Å²) in [5.41, 5.74) is 0.463.